The summed E-state index contributed by atoms with van der Waals surface area (Å²) in [7, 11) is 0. The van der Waals surface area contributed by atoms with Crippen molar-refractivity contribution < 1.29 is 9.59 Å². The molecule has 0 bridgehead atoms. The molecule has 1 saturated heterocycles. The number of rotatable bonds is 6. The lowest BCUT2D eigenvalue weighted by Gasteiger charge is -2.44. The molecule has 1 aliphatic heterocycles. The van der Waals surface area contributed by atoms with Gasteiger partial charge in [-0.05, 0) is 17.7 Å². The van der Waals surface area contributed by atoms with Gasteiger partial charge in [0.2, 0.25) is 5.91 Å². The van der Waals surface area contributed by atoms with Crippen LogP contribution in [0.3, 0.4) is 0 Å². The van der Waals surface area contributed by atoms with Gasteiger partial charge in [0.25, 0.3) is 5.91 Å². The molecule has 2 unspecified atom stereocenters. The van der Waals surface area contributed by atoms with E-state index < -0.39 is 5.38 Å². The number of amides is 2. The highest BCUT2D eigenvalue weighted by atomic mass is 79.9. The van der Waals surface area contributed by atoms with Crippen LogP contribution in [-0.4, -0.2) is 33.7 Å². The molecule has 2 heterocycles. The van der Waals surface area contributed by atoms with Crippen molar-refractivity contribution in [1.82, 2.24) is 15.4 Å². The number of hydrogen-bond donors (Lipinski definition) is 2. The zero-order chi connectivity index (χ0) is 20.4. The van der Waals surface area contributed by atoms with Gasteiger partial charge in [-0.3, -0.25) is 14.6 Å². The summed E-state index contributed by atoms with van der Waals surface area (Å²) in [5, 5.41) is 5.89. The monoisotopic (exact) mass is 490 g/mol. The highest BCUT2D eigenvalue weighted by Gasteiger charge is 2.47. The third-order valence-electron chi connectivity index (χ3n) is 4.47. The Balaban J connectivity index is 1.35. The number of nitrogens with one attached hydrogen (secondary N) is 2. The summed E-state index contributed by atoms with van der Waals surface area (Å²) in [5.74, 6) is -0.549. The molecule has 2 N–H and O–H groups in total. The van der Waals surface area contributed by atoms with Crippen molar-refractivity contribution >= 4 is 55.8 Å². The van der Waals surface area contributed by atoms with Gasteiger partial charge < -0.3 is 5.32 Å². The lowest BCUT2D eigenvalue weighted by molar-refractivity contribution is -0.151. The molecule has 0 aliphatic carbocycles. The molecule has 1 fully saturated rings. The molecule has 4 rings (SSSR count). The molecular weight excluding hydrogens is 476 g/mol. The van der Waals surface area contributed by atoms with Gasteiger partial charge in [-0.25, -0.2) is 10.4 Å². The van der Waals surface area contributed by atoms with Crippen LogP contribution in [0.5, 0.6) is 0 Å². The van der Waals surface area contributed by atoms with Crippen LogP contribution >= 0.6 is 38.9 Å². The van der Waals surface area contributed by atoms with Crippen LogP contribution < -0.4 is 10.7 Å². The average Bonchev–Trinajstić information content (AvgIpc) is 3.20. The second kappa shape index (κ2) is 8.62. The normalized spacial score (nSPS) is 18.4. The van der Waals surface area contributed by atoms with Crippen molar-refractivity contribution in [2.24, 2.45) is 0 Å². The minimum atomic E-state index is -0.654. The fourth-order valence-electron chi connectivity index (χ4n) is 3.00. The number of anilines is 1. The maximum atomic E-state index is 12.3. The second-order valence-corrected chi connectivity index (χ2v) is 8.64. The first-order valence-electron chi connectivity index (χ1n) is 8.80. The number of carbonyl (C=O) groups is 2. The van der Waals surface area contributed by atoms with E-state index in [-0.39, 0.29) is 24.4 Å². The number of nitrogens with zero attached hydrogens (tertiary/aromatic N) is 2. The van der Waals surface area contributed by atoms with Gasteiger partial charge in [0.1, 0.15) is 5.38 Å². The number of halogens is 2. The average molecular weight is 492 g/mol. The number of β-lactam (4-membered cyclic amide) rings is 1. The molecule has 9 heteroatoms. The molecule has 1 aromatic heterocycles. The van der Waals surface area contributed by atoms with E-state index in [0.717, 1.165) is 21.3 Å². The smallest absolute Gasteiger partial charge is 0.257 e. The summed E-state index contributed by atoms with van der Waals surface area (Å²) in [6.07, 6.45) is 0. The molecule has 148 valence electrons. The largest absolute Gasteiger partial charge is 0.301 e. The SMILES string of the molecule is O=C(CNN1C(=O)C(Cl)C1c1ccc(Br)cc1)Nc1nc(-c2ccccc2)cs1. The van der Waals surface area contributed by atoms with Crippen LogP contribution in [-0.2, 0) is 9.59 Å². The van der Waals surface area contributed by atoms with E-state index in [2.05, 4.69) is 31.7 Å². The summed E-state index contributed by atoms with van der Waals surface area (Å²) in [4.78, 5) is 28.9. The van der Waals surface area contributed by atoms with Gasteiger partial charge in [0.15, 0.2) is 5.13 Å². The molecular formula is C20H16BrClN4O2S. The third kappa shape index (κ3) is 4.35. The molecule has 6 nitrogen and oxygen atoms in total. The molecule has 0 saturated carbocycles. The quantitative estimate of drug-likeness (QED) is 0.400. The van der Waals surface area contributed by atoms with Gasteiger partial charge in [-0.15, -0.1) is 22.9 Å². The van der Waals surface area contributed by atoms with Crippen LogP contribution in [0.4, 0.5) is 5.13 Å². The van der Waals surface area contributed by atoms with Crippen molar-refractivity contribution in [3.8, 4) is 11.3 Å². The summed E-state index contributed by atoms with van der Waals surface area (Å²) in [6, 6.07) is 17.0. The minimum Gasteiger partial charge on any atom is -0.301 e. The van der Waals surface area contributed by atoms with Crippen molar-refractivity contribution in [1.29, 1.82) is 0 Å². The minimum absolute atomic E-state index is 0.0668. The van der Waals surface area contributed by atoms with Gasteiger partial charge >= 0.3 is 0 Å². The second-order valence-electron chi connectivity index (χ2n) is 6.39. The summed E-state index contributed by atoms with van der Waals surface area (Å²) < 4.78 is 0.940. The molecule has 0 radical (unpaired) electrons. The predicted octanol–water partition coefficient (Wildman–Crippen LogP) is 4.21. The van der Waals surface area contributed by atoms with Crippen molar-refractivity contribution in [2.45, 2.75) is 11.4 Å². The number of thiazole rings is 1. The zero-order valence-corrected chi connectivity index (χ0v) is 18.2. The van der Waals surface area contributed by atoms with Crippen LogP contribution in [0.25, 0.3) is 11.3 Å². The number of aromatic nitrogens is 1. The van der Waals surface area contributed by atoms with Crippen molar-refractivity contribution in [2.75, 3.05) is 11.9 Å². The van der Waals surface area contributed by atoms with E-state index in [1.54, 1.807) is 0 Å². The number of carbonyl (C=O) groups excluding carboxylic acids is 2. The van der Waals surface area contributed by atoms with Crippen molar-refractivity contribution in [3.05, 3.63) is 70.0 Å². The molecule has 29 heavy (non-hydrogen) atoms. The van der Waals surface area contributed by atoms with Gasteiger partial charge in [0.05, 0.1) is 18.3 Å². The van der Waals surface area contributed by atoms with E-state index in [0.29, 0.717) is 5.13 Å². The number of hydrogen-bond acceptors (Lipinski definition) is 5. The first-order chi connectivity index (χ1) is 14.0. The molecule has 2 atom stereocenters. The van der Waals surface area contributed by atoms with E-state index >= 15 is 0 Å². The lowest BCUT2D eigenvalue weighted by Crippen LogP contribution is -2.62. The third-order valence-corrected chi connectivity index (χ3v) is 6.18. The number of hydrazine groups is 1. The van der Waals surface area contributed by atoms with E-state index in [1.165, 1.54) is 16.3 Å². The molecule has 2 amide bonds. The summed E-state index contributed by atoms with van der Waals surface area (Å²) >= 11 is 10.9. The van der Waals surface area contributed by atoms with E-state index in [1.807, 2.05) is 60.0 Å². The molecule has 3 aromatic rings. The molecule has 2 aromatic carbocycles. The van der Waals surface area contributed by atoms with Crippen LogP contribution in [0.1, 0.15) is 11.6 Å². The fourth-order valence-corrected chi connectivity index (χ4v) is 4.36. The Kier molecular flexibility index (Phi) is 5.96. The first kappa shape index (κ1) is 20.0. The maximum absolute atomic E-state index is 12.3. The molecule has 1 aliphatic rings. The lowest BCUT2D eigenvalue weighted by atomic mass is 9.95. The van der Waals surface area contributed by atoms with E-state index in [9.17, 15) is 9.59 Å². The fraction of sp³-hybridized carbons (Fsp3) is 0.150. The van der Waals surface area contributed by atoms with Gasteiger partial charge in [-0.1, -0.05) is 58.4 Å². The van der Waals surface area contributed by atoms with Crippen LogP contribution in [0, 0.1) is 0 Å². The Morgan fingerprint density at radius 3 is 2.62 bits per heavy atom. The topological polar surface area (TPSA) is 74.3 Å². The number of benzene rings is 2. The predicted molar refractivity (Wildman–Crippen MR) is 118 cm³/mol. The van der Waals surface area contributed by atoms with Crippen LogP contribution in [0.15, 0.2) is 64.5 Å². The molecule has 0 spiro atoms. The van der Waals surface area contributed by atoms with Gasteiger partial charge in [0, 0.05) is 15.4 Å². The Bertz CT molecular complexity index is 1030. The van der Waals surface area contributed by atoms with Gasteiger partial charge in [-0.2, -0.15) is 0 Å². The standard InChI is InChI=1S/C20H16BrClN4O2S/c21-14-8-6-13(7-9-14)18-17(22)19(28)26(18)23-10-16(27)25-20-24-15(11-29-20)12-4-2-1-3-5-12/h1-9,11,17-18,23H,10H2,(H,24,25,27). The summed E-state index contributed by atoms with van der Waals surface area (Å²) in [5.41, 5.74) is 5.56. The number of alkyl halides is 1. The summed E-state index contributed by atoms with van der Waals surface area (Å²) in [6.45, 7) is -0.0668. The Morgan fingerprint density at radius 1 is 1.17 bits per heavy atom. The Hall–Kier alpha value is -2.26. The van der Waals surface area contributed by atoms with Crippen molar-refractivity contribution in [3.63, 3.8) is 0 Å². The Labute approximate surface area is 185 Å². The van der Waals surface area contributed by atoms with E-state index in [4.69, 9.17) is 11.6 Å². The zero-order valence-electron chi connectivity index (χ0n) is 15.0. The van der Waals surface area contributed by atoms with Crippen LogP contribution in [0.2, 0.25) is 0 Å². The Morgan fingerprint density at radius 2 is 1.90 bits per heavy atom. The highest BCUT2D eigenvalue weighted by molar-refractivity contribution is 9.10. The highest BCUT2D eigenvalue weighted by Crippen LogP contribution is 2.37. The first-order valence-corrected chi connectivity index (χ1v) is 10.9. The maximum Gasteiger partial charge on any atom is 0.257 e.